The molecular weight excluding hydrogens is 368 g/mol. The molecule has 0 bridgehead atoms. The van der Waals surface area contributed by atoms with E-state index >= 15 is 0 Å². The van der Waals surface area contributed by atoms with Crippen LogP contribution in [0, 0.1) is 40.4 Å². The summed E-state index contributed by atoms with van der Waals surface area (Å²) in [4.78, 5) is 18.3. The molecule has 1 heterocycles. The minimum absolute atomic E-state index is 0.00268. The second-order valence-electron chi connectivity index (χ2n) is 10.9. The number of nitrogens with one attached hydrogen (secondary N) is 1. The number of Topliss-reactive ketones (excluding diaryl/α,β-unsaturated/α-hetero) is 1. The molecule has 5 fully saturated rings. The van der Waals surface area contributed by atoms with Gasteiger partial charge in [0.2, 0.25) is 0 Å². The number of carbonyl (C=O) groups is 1. The predicted molar refractivity (Wildman–Crippen MR) is 109 cm³/mol. The van der Waals surface area contributed by atoms with Crippen molar-refractivity contribution in [1.29, 1.82) is 0 Å². The Morgan fingerprint density at radius 2 is 1.93 bits per heavy atom. The van der Waals surface area contributed by atoms with Gasteiger partial charge in [0.15, 0.2) is 6.10 Å². The van der Waals surface area contributed by atoms with E-state index in [9.17, 15) is 15.0 Å². The van der Waals surface area contributed by atoms with Gasteiger partial charge < -0.3 is 20.4 Å². The van der Waals surface area contributed by atoms with Crippen LogP contribution in [0.15, 0.2) is 5.16 Å². The van der Waals surface area contributed by atoms with Crippen LogP contribution in [0.5, 0.6) is 0 Å². The number of carbonyl (C=O) groups excluding carboxylic acids is 1. The molecule has 4 aliphatic carbocycles. The Morgan fingerprint density at radius 3 is 2.62 bits per heavy atom. The summed E-state index contributed by atoms with van der Waals surface area (Å²) < 4.78 is 0. The topological polar surface area (TPSA) is 91.2 Å². The quantitative estimate of drug-likeness (QED) is 0.627. The maximum Gasteiger partial charge on any atom is 0.152 e. The average Bonchev–Trinajstić information content (AvgIpc) is 2.97. The molecule has 0 aromatic heterocycles. The van der Waals surface area contributed by atoms with Crippen LogP contribution in [0.3, 0.4) is 0 Å². The van der Waals surface area contributed by atoms with Crippen LogP contribution in [-0.4, -0.2) is 53.6 Å². The number of aliphatic hydroxyl groups is 2. The fourth-order valence-corrected chi connectivity index (χ4v) is 7.83. The highest BCUT2D eigenvalue weighted by Gasteiger charge is 2.64. The van der Waals surface area contributed by atoms with Crippen LogP contribution < -0.4 is 5.32 Å². The summed E-state index contributed by atoms with van der Waals surface area (Å²) in [7, 11) is 0. The van der Waals surface area contributed by atoms with Crippen molar-refractivity contribution in [2.45, 2.75) is 71.0 Å². The summed E-state index contributed by atoms with van der Waals surface area (Å²) in [6.45, 7) is 6.24. The number of ketones is 1. The van der Waals surface area contributed by atoms with Crippen molar-refractivity contribution in [3.63, 3.8) is 0 Å². The molecule has 8 atom stereocenters. The summed E-state index contributed by atoms with van der Waals surface area (Å²) >= 11 is 0. The fourth-order valence-electron chi connectivity index (χ4n) is 7.83. The molecular formula is C23H36N2O4. The van der Waals surface area contributed by atoms with E-state index in [0.29, 0.717) is 18.1 Å². The number of fused-ring (bicyclic) bond motifs is 5. The smallest absolute Gasteiger partial charge is 0.152 e. The molecule has 6 nitrogen and oxygen atoms in total. The Labute approximate surface area is 173 Å². The van der Waals surface area contributed by atoms with Gasteiger partial charge in [0.1, 0.15) is 5.78 Å². The van der Waals surface area contributed by atoms with Crippen molar-refractivity contribution in [3.05, 3.63) is 0 Å². The van der Waals surface area contributed by atoms with Crippen LogP contribution in [0.1, 0.15) is 58.8 Å². The molecule has 4 saturated carbocycles. The summed E-state index contributed by atoms with van der Waals surface area (Å²) in [5.41, 5.74) is 0.902. The first-order chi connectivity index (χ1) is 13.9. The molecule has 5 aliphatic rings. The molecule has 5 rings (SSSR count). The Morgan fingerprint density at radius 1 is 1.14 bits per heavy atom. The third kappa shape index (κ3) is 2.85. The lowest BCUT2D eigenvalue weighted by Gasteiger charge is -2.63. The van der Waals surface area contributed by atoms with Crippen molar-refractivity contribution in [1.82, 2.24) is 5.32 Å². The molecule has 1 saturated heterocycles. The summed E-state index contributed by atoms with van der Waals surface area (Å²) in [6.07, 6.45) is 5.96. The van der Waals surface area contributed by atoms with Gasteiger partial charge in [-0.05, 0) is 67.6 Å². The normalized spacial score (nSPS) is 51.2. The number of rotatable bonds is 3. The van der Waals surface area contributed by atoms with Crippen molar-refractivity contribution < 1.29 is 19.8 Å². The highest BCUT2D eigenvalue weighted by molar-refractivity contribution is 5.87. The molecule has 3 N–H and O–H groups in total. The highest BCUT2D eigenvalue weighted by atomic mass is 16.6. The van der Waals surface area contributed by atoms with E-state index in [2.05, 4.69) is 24.3 Å². The van der Waals surface area contributed by atoms with Crippen LogP contribution in [0.2, 0.25) is 0 Å². The van der Waals surface area contributed by atoms with E-state index in [-0.39, 0.29) is 47.2 Å². The third-order valence-electron chi connectivity index (χ3n) is 9.78. The zero-order chi connectivity index (χ0) is 20.4. The van der Waals surface area contributed by atoms with Crippen molar-refractivity contribution in [2.24, 2.45) is 45.6 Å². The Balaban J connectivity index is 1.43. The van der Waals surface area contributed by atoms with Gasteiger partial charge in [-0.25, -0.2) is 0 Å². The second kappa shape index (κ2) is 7.03. The molecule has 162 valence electrons. The van der Waals surface area contributed by atoms with Crippen molar-refractivity contribution >= 4 is 11.5 Å². The van der Waals surface area contributed by atoms with Gasteiger partial charge >= 0.3 is 0 Å². The minimum Gasteiger partial charge on any atom is -0.396 e. The molecule has 1 aliphatic heterocycles. The van der Waals surface area contributed by atoms with E-state index in [1.807, 2.05) is 0 Å². The summed E-state index contributed by atoms with van der Waals surface area (Å²) in [5, 5.41) is 29.4. The summed E-state index contributed by atoms with van der Waals surface area (Å²) in [5.74, 6) is 1.29. The monoisotopic (exact) mass is 404 g/mol. The Kier molecular flexibility index (Phi) is 4.84. The Bertz CT molecular complexity index is 707. The largest absolute Gasteiger partial charge is 0.396 e. The molecule has 0 aromatic carbocycles. The number of nitrogens with zero attached hydrogens (tertiary/aromatic N) is 1. The second-order valence-corrected chi connectivity index (χ2v) is 10.9. The molecule has 0 radical (unpaired) electrons. The van der Waals surface area contributed by atoms with Crippen molar-refractivity contribution in [3.8, 4) is 0 Å². The lowest BCUT2D eigenvalue weighted by molar-refractivity contribution is -0.189. The fraction of sp³-hybridized carbons (Fsp3) is 0.913. The lowest BCUT2D eigenvalue weighted by Crippen LogP contribution is -2.62. The average molecular weight is 405 g/mol. The standard InChI is InChI=1S/C23H36N2O4/c1-22-7-5-13(25-29-14-10-24-11-14)9-18(22)15(12-26)21(28)20-16-3-4-19(27)23(16,2)8-6-17(20)22/h14-18,20-21,24,26,28H,3-12H2,1-2H3/b25-13+/t15-,16+,17+,18?,20+,21-,22-,23+/m1/s1. The molecule has 29 heavy (non-hydrogen) atoms. The van der Waals surface area contributed by atoms with E-state index in [1.54, 1.807) is 0 Å². The van der Waals surface area contributed by atoms with Gasteiger partial charge in [-0.1, -0.05) is 19.0 Å². The molecule has 0 amide bonds. The van der Waals surface area contributed by atoms with Crippen LogP contribution >= 0.6 is 0 Å². The van der Waals surface area contributed by atoms with Crippen LogP contribution in [0.4, 0.5) is 0 Å². The van der Waals surface area contributed by atoms with Gasteiger partial charge in [-0.2, -0.15) is 0 Å². The summed E-state index contributed by atoms with van der Waals surface area (Å²) in [6, 6.07) is 0. The van der Waals surface area contributed by atoms with Crippen molar-refractivity contribution in [2.75, 3.05) is 19.7 Å². The predicted octanol–water partition coefficient (Wildman–Crippen LogP) is 2.13. The van der Waals surface area contributed by atoms with Gasteiger partial charge in [0, 0.05) is 37.5 Å². The maximum atomic E-state index is 12.7. The zero-order valence-electron chi connectivity index (χ0n) is 17.8. The Hall–Kier alpha value is -0.980. The number of hydrogen-bond donors (Lipinski definition) is 3. The van der Waals surface area contributed by atoms with E-state index in [4.69, 9.17) is 4.84 Å². The van der Waals surface area contributed by atoms with Gasteiger partial charge in [-0.3, -0.25) is 4.79 Å². The lowest BCUT2D eigenvalue weighted by atomic mass is 9.42. The van der Waals surface area contributed by atoms with E-state index in [0.717, 1.165) is 57.3 Å². The van der Waals surface area contributed by atoms with Gasteiger partial charge in [-0.15, -0.1) is 0 Å². The molecule has 1 unspecified atom stereocenters. The third-order valence-corrected chi connectivity index (χ3v) is 9.78. The maximum absolute atomic E-state index is 12.7. The SMILES string of the molecule is C[C@]12CC/C(=N\OC3CNC3)CC1[C@@H](CO)[C@@H](O)[C@@H]1[C@@H]2CC[C@]2(C)C(=O)CC[C@@H]12. The van der Waals surface area contributed by atoms with Crippen LogP contribution in [-0.2, 0) is 9.63 Å². The number of oxime groups is 1. The molecule has 6 heteroatoms. The van der Waals surface area contributed by atoms with E-state index < -0.39 is 6.10 Å². The first kappa shape index (κ1) is 20.0. The van der Waals surface area contributed by atoms with Gasteiger partial charge in [0.05, 0.1) is 11.8 Å². The first-order valence-corrected chi connectivity index (χ1v) is 11.6. The zero-order valence-corrected chi connectivity index (χ0v) is 17.8. The minimum atomic E-state index is -0.533. The van der Waals surface area contributed by atoms with Gasteiger partial charge in [0.25, 0.3) is 0 Å². The highest BCUT2D eigenvalue weighted by Crippen LogP contribution is 2.66. The molecule has 0 aromatic rings. The molecule has 0 spiro atoms. The van der Waals surface area contributed by atoms with E-state index in [1.165, 1.54) is 0 Å². The first-order valence-electron chi connectivity index (χ1n) is 11.6. The number of aliphatic hydroxyl groups excluding tert-OH is 2. The number of hydrogen-bond acceptors (Lipinski definition) is 6. The van der Waals surface area contributed by atoms with Crippen LogP contribution in [0.25, 0.3) is 0 Å².